The van der Waals surface area contributed by atoms with Crippen molar-refractivity contribution in [3.05, 3.63) is 57.5 Å². The highest BCUT2D eigenvalue weighted by molar-refractivity contribution is 7.09. The van der Waals surface area contributed by atoms with Gasteiger partial charge in [0.05, 0.1) is 0 Å². The van der Waals surface area contributed by atoms with Gasteiger partial charge < -0.3 is 5.32 Å². The lowest BCUT2D eigenvalue weighted by molar-refractivity contribution is 0.577. The van der Waals surface area contributed by atoms with E-state index in [1.165, 1.54) is 4.88 Å². The molecule has 0 saturated heterocycles. The van der Waals surface area contributed by atoms with Crippen LogP contribution in [0, 0.1) is 12.7 Å². The maximum atomic E-state index is 13.5. The van der Waals surface area contributed by atoms with E-state index >= 15 is 0 Å². The SMILES string of the molecule is CNC(Cc1cccs1)c1ccc(C)c(F)c1. The highest BCUT2D eigenvalue weighted by atomic mass is 32.1. The molecule has 0 aliphatic rings. The summed E-state index contributed by atoms with van der Waals surface area (Å²) in [6, 6.07) is 9.78. The normalized spacial score (nSPS) is 12.6. The lowest BCUT2D eigenvalue weighted by atomic mass is 10.0. The summed E-state index contributed by atoms with van der Waals surface area (Å²) >= 11 is 1.73. The molecule has 0 radical (unpaired) electrons. The van der Waals surface area contributed by atoms with Crippen molar-refractivity contribution in [3.8, 4) is 0 Å². The van der Waals surface area contributed by atoms with Crippen molar-refractivity contribution in [2.24, 2.45) is 0 Å². The smallest absolute Gasteiger partial charge is 0.126 e. The van der Waals surface area contributed by atoms with E-state index in [-0.39, 0.29) is 11.9 Å². The molecule has 1 aromatic carbocycles. The van der Waals surface area contributed by atoms with Gasteiger partial charge in [-0.25, -0.2) is 4.39 Å². The summed E-state index contributed by atoms with van der Waals surface area (Å²) in [6.45, 7) is 1.78. The van der Waals surface area contributed by atoms with Gasteiger partial charge in [0.1, 0.15) is 5.82 Å². The molecule has 1 atom stereocenters. The van der Waals surface area contributed by atoms with Gasteiger partial charge in [-0.3, -0.25) is 0 Å². The van der Waals surface area contributed by atoms with Gasteiger partial charge in [-0.15, -0.1) is 11.3 Å². The molecule has 3 heteroatoms. The predicted molar refractivity (Wildman–Crippen MR) is 71.0 cm³/mol. The molecule has 1 heterocycles. The van der Waals surface area contributed by atoms with Crippen LogP contribution in [-0.4, -0.2) is 7.05 Å². The fourth-order valence-corrected chi connectivity index (χ4v) is 2.59. The van der Waals surface area contributed by atoms with Crippen LogP contribution < -0.4 is 5.32 Å². The molecule has 2 rings (SSSR count). The number of nitrogens with one attached hydrogen (secondary N) is 1. The van der Waals surface area contributed by atoms with Crippen LogP contribution in [-0.2, 0) is 6.42 Å². The van der Waals surface area contributed by atoms with E-state index in [9.17, 15) is 4.39 Å². The van der Waals surface area contributed by atoms with Gasteiger partial charge in [0.25, 0.3) is 0 Å². The van der Waals surface area contributed by atoms with Crippen molar-refractivity contribution >= 4 is 11.3 Å². The van der Waals surface area contributed by atoms with Crippen LogP contribution in [0.1, 0.15) is 22.0 Å². The van der Waals surface area contributed by atoms with Crippen LogP contribution in [0.5, 0.6) is 0 Å². The minimum atomic E-state index is -0.131. The lowest BCUT2D eigenvalue weighted by Crippen LogP contribution is -2.18. The Bertz CT molecular complexity index is 479. The molecule has 1 N–H and O–H groups in total. The summed E-state index contributed by atoms with van der Waals surface area (Å²) in [5, 5.41) is 5.31. The molecule has 1 aromatic heterocycles. The van der Waals surface area contributed by atoms with Crippen molar-refractivity contribution in [3.63, 3.8) is 0 Å². The largest absolute Gasteiger partial charge is 0.313 e. The molecule has 0 amide bonds. The molecule has 0 fully saturated rings. The van der Waals surface area contributed by atoms with Crippen molar-refractivity contribution in [1.29, 1.82) is 0 Å². The molecular formula is C14H16FNS. The number of hydrogen-bond donors (Lipinski definition) is 1. The van der Waals surface area contributed by atoms with Gasteiger partial charge in [-0.1, -0.05) is 18.2 Å². The Morgan fingerprint density at radius 2 is 2.18 bits per heavy atom. The second-order valence-electron chi connectivity index (χ2n) is 4.13. The number of aryl methyl sites for hydroxylation is 1. The molecule has 0 bridgehead atoms. The Kier molecular flexibility index (Phi) is 3.92. The van der Waals surface area contributed by atoms with E-state index in [0.717, 1.165) is 12.0 Å². The first-order chi connectivity index (χ1) is 8.20. The van der Waals surface area contributed by atoms with E-state index < -0.39 is 0 Å². The molecular weight excluding hydrogens is 233 g/mol. The Morgan fingerprint density at radius 3 is 2.76 bits per heavy atom. The molecule has 0 aliphatic heterocycles. The number of likely N-dealkylation sites (N-methyl/N-ethyl adjacent to an activating group) is 1. The van der Waals surface area contributed by atoms with Crippen LogP contribution in [0.4, 0.5) is 4.39 Å². The fourth-order valence-electron chi connectivity index (χ4n) is 1.84. The first-order valence-electron chi connectivity index (χ1n) is 5.66. The molecule has 0 spiro atoms. The van der Waals surface area contributed by atoms with Crippen molar-refractivity contribution in [2.45, 2.75) is 19.4 Å². The third-order valence-corrected chi connectivity index (χ3v) is 3.83. The van der Waals surface area contributed by atoms with E-state index in [1.807, 2.05) is 25.2 Å². The maximum absolute atomic E-state index is 13.5. The molecule has 90 valence electrons. The maximum Gasteiger partial charge on any atom is 0.126 e. The van der Waals surface area contributed by atoms with E-state index in [4.69, 9.17) is 0 Å². The topological polar surface area (TPSA) is 12.0 Å². The fraction of sp³-hybridized carbons (Fsp3) is 0.286. The third kappa shape index (κ3) is 2.93. The minimum absolute atomic E-state index is 0.131. The quantitative estimate of drug-likeness (QED) is 0.871. The minimum Gasteiger partial charge on any atom is -0.313 e. The number of hydrogen-bond acceptors (Lipinski definition) is 2. The number of rotatable bonds is 4. The second kappa shape index (κ2) is 5.43. The van der Waals surface area contributed by atoms with E-state index in [0.29, 0.717) is 5.56 Å². The van der Waals surface area contributed by atoms with Gasteiger partial charge >= 0.3 is 0 Å². The Labute approximate surface area is 105 Å². The summed E-state index contributed by atoms with van der Waals surface area (Å²) in [5.74, 6) is -0.131. The Hall–Kier alpha value is -1.19. The van der Waals surface area contributed by atoms with Crippen LogP contribution in [0.3, 0.4) is 0 Å². The average molecular weight is 249 g/mol. The third-order valence-electron chi connectivity index (χ3n) is 2.93. The van der Waals surface area contributed by atoms with Crippen LogP contribution in [0.25, 0.3) is 0 Å². The monoisotopic (exact) mass is 249 g/mol. The predicted octanol–water partition coefficient (Wildman–Crippen LogP) is 3.70. The van der Waals surface area contributed by atoms with Gasteiger partial charge in [-0.05, 0) is 42.6 Å². The van der Waals surface area contributed by atoms with Gasteiger partial charge in [0.2, 0.25) is 0 Å². The average Bonchev–Trinajstić information content (AvgIpc) is 2.82. The zero-order chi connectivity index (χ0) is 12.3. The zero-order valence-corrected chi connectivity index (χ0v) is 10.9. The lowest BCUT2D eigenvalue weighted by Gasteiger charge is -2.16. The molecule has 1 nitrogen and oxygen atoms in total. The molecule has 0 aliphatic carbocycles. The van der Waals surface area contributed by atoms with E-state index in [1.54, 1.807) is 24.3 Å². The van der Waals surface area contributed by atoms with Gasteiger partial charge in [0, 0.05) is 17.3 Å². The summed E-state index contributed by atoms with van der Waals surface area (Å²) in [5.41, 5.74) is 1.70. The molecule has 2 aromatic rings. The second-order valence-corrected chi connectivity index (χ2v) is 5.17. The van der Waals surface area contributed by atoms with Crippen molar-refractivity contribution in [1.82, 2.24) is 5.32 Å². The first-order valence-corrected chi connectivity index (χ1v) is 6.54. The zero-order valence-electron chi connectivity index (χ0n) is 10.0. The Morgan fingerprint density at radius 1 is 1.35 bits per heavy atom. The summed E-state index contributed by atoms with van der Waals surface area (Å²) in [4.78, 5) is 1.31. The van der Waals surface area contributed by atoms with Crippen LogP contribution in [0.15, 0.2) is 35.7 Å². The summed E-state index contributed by atoms with van der Waals surface area (Å²) in [7, 11) is 1.91. The standard InChI is InChI=1S/C14H16FNS/c1-10-5-6-11(8-13(10)15)14(16-2)9-12-4-3-7-17-12/h3-8,14,16H,9H2,1-2H3. The van der Waals surface area contributed by atoms with Gasteiger partial charge in [0.15, 0.2) is 0 Å². The highest BCUT2D eigenvalue weighted by Gasteiger charge is 2.12. The molecule has 17 heavy (non-hydrogen) atoms. The number of thiophene rings is 1. The van der Waals surface area contributed by atoms with Crippen LogP contribution in [0.2, 0.25) is 0 Å². The summed E-state index contributed by atoms with van der Waals surface area (Å²) < 4.78 is 13.5. The highest BCUT2D eigenvalue weighted by Crippen LogP contribution is 2.22. The van der Waals surface area contributed by atoms with E-state index in [2.05, 4.69) is 16.8 Å². The van der Waals surface area contributed by atoms with Crippen LogP contribution >= 0.6 is 11.3 Å². The van der Waals surface area contributed by atoms with Gasteiger partial charge in [-0.2, -0.15) is 0 Å². The molecule has 1 unspecified atom stereocenters. The van der Waals surface area contributed by atoms with Crippen molar-refractivity contribution in [2.75, 3.05) is 7.05 Å². The van der Waals surface area contributed by atoms with Crippen molar-refractivity contribution < 1.29 is 4.39 Å². The first kappa shape index (κ1) is 12.3. The molecule has 0 saturated carbocycles. The summed E-state index contributed by atoms with van der Waals surface area (Å²) in [6.07, 6.45) is 0.899. The number of halogens is 1. The number of benzene rings is 1. The Balaban J connectivity index is 2.20.